The Kier molecular flexibility index (Phi) is 7.36. The van der Waals surface area contributed by atoms with Crippen molar-refractivity contribution in [3.8, 4) is 5.75 Å². The zero-order valence-corrected chi connectivity index (χ0v) is 18.1. The standard InChI is InChI=1S/C23H37N3O2/c1-18(16-19-8-9-19)26-12-10-21(11-13-26)28-22-7-5-6-20(17-22)23(27)25(4)15-14-24(2)3/h5-7,17-19,21H,8-16H2,1-4H3/t18-/m0/s1. The fourth-order valence-corrected chi connectivity index (χ4v) is 3.99. The van der Waals surface area contributed by atoms with Gasteiger partial charge in [-0.2, -0.15) is 0 Å². The van der Waals surface area contributed by atoms with Crippen LogP contribution in [0.1, 0.15) is 49.4 Å². The molecule has 1 aliphatic heterocycles. The number of ether oxygens (including phenoxy) is 1. The van der Waals surface area contributed by atoms with Gasteiger partial charge >= 0.3 is 0 Å². The van der Waals surface area contributed by atoms with Crippen LogP contribution in [0, 0.1) is 5.92 Å². The van der Waals surface area contributed by atoms with Gasteiger partial charge in [0.25, 0.3) is 5.91 Å². The van der Waals surface area contributed by atoms with Crippen molar-refractivity contribution in [1.29, 1.82) is 0 Å². The van der Waals surface area contributed by atoms with E-state index in [1.54, 1.807) is 4.90 Å². The molecule has 0 bridgehead atoms. The van der Waals surface area contributed by atoms with Gasteiger partial charge in [0.1, 0.15) is 11.9 Å². The maximum absolute atomic E-state index is 12.7. The van der Waals surface area contributed by atoms with Crippen molar-refractivity contribution in [2.45, 2.75) is 51.2 Å². The molecule has 1 aliphatic carbocycles. The van der Waals surface area contributed by atoms with Gasteiger partial charge in [0, 0.05) is 44.8 Å². The van der Waals surface area contributed by atoms with E-state index < -0.39 is 0 Å². The lowest BCUT2D eigenvalue weighted by atomic mass is 10.0. The van der Waals surface area contributed by atoms with E-state index in [2.05, 4.69) is 16.7 Å². The normalized spacial score (nSPS) is 19.6. The molecule has 1 amide bonds. The first-order valence-corrected chi connectivity index (χ1v) is 10.8. The Morgan fingerprint density at radius 2 is 1.86 bits per heavy atom. The number of likely N-dealkylation sites (N-methyl/N-ethyl adjacent to an activating group) is 2. The summed E-state index contributed by atoms with van der Waals surface area (Å²) in [5.74, 6) is 1.85. The van der Waals surface area contributed by atoms with Crippen molar-refractivity contribution in [2.24, 2.45) is 5.92 Å². The van der Waals surface area contributed by atoms with Crippen LogP contribution in [0.5, 0.6) is 5.75 Å². The first kappa shape index (κ1) is 21.1. The molecule has 5 nitrogen and oxygen atoms in total. The first-order valence-electron chi connectivity index (χ1n) is 10.8. The number of carbonyl (C=O) groups is 1. The molecule has 2 fully saturated rings. The lowest BCUT2D eigenvalue weighted by molar-refractivity contribution is 0.0746. The van der Waals surface area contributed by atoms with Gasteiger partial charge in [-0.15, -0.1) is 0 Å². The number of nitrogens with zero attached hydrogens (tertiary/aromatic N) is 3. The topological polar surface area (TPSA) is 36.0 Å². The molecule has 0 radical (unpaired) electrons. The van der Waals surface area contributed by atoms with Crippen molar-refractivity contribution in [3.63, 3.8) is 0 Å². The van der Waals surface area contributed by atoms with E-state index in [9.17, 15) is 4.79 Å². The number of rotatable bonds is 9. The van der Waals surface area contributed by atoms with Crippen LogP contribution in [0.3, 0.4) is 0 Å². The smallest absolute Gasteiger partial charge is 0.253 e. The molecule has 1 saturated carbocycles. The van der Waals surface area contributed by atoms with Crippen LogP contribution in [-0.4, -0.2) is 80.1 Å². The lowest BCUT2D eigenvalue weighted by Crippen LogP contribution is -2.43. The fraction of sp³-hybridized carbons (Fsp3) is 0.696. The summed E-state index contributed by atoms with van der Waals surface area (Å²) in [7, 11) is 5.90. The van der Waals surface area contributed by atoms with Crippen LogP contribution in [0.4, 0.5) is 0 Å². The number of likely N-dealkylation sites (tertiary alicyclic amines) is 1. The average Bonchev–Trinajstić information content (AvgIpc) is 3.50. The minimum Gasteiger partial charge on any atom is -0.490 e. The molecule has 28 heavy (non-hydrogen) atoms. The lowest BCUT2D eigenvalue weighted by Gasteiger charge is -2.36. The highest BCUT2D eigenvalue weighted by atomic mass is 16.5. The van der Waals surface area contributed by atoms with E-state index in [-0.39, 0.29) is 12.0 Å². The second-order valence-corrected chi connectivity index (χ2v) is 8.94. The predicted octanol–water partition coefficient (Wildman–Crippen LogP) is 3.35. The average molecular weight is 388 g/mol. The number of benzene rings is 1. The van der Waals surface area contributed by atoms with E-state index in [0.29, 0.717) is 18.2 Å². The number of amides is 1. The highest BCUT2D eigenvalue weighted by Gasteiger charge is 2.29. The van der Waals surface area contributed by atoms with Crippen LogP contribution >= 0.6 is 0 Å². The zero-order valence-electron chi connectivity index (χ0n) is 18.1. The quantitative estimate of drug-likeness (QED) is 0.651. The molecular weight excluding hydrogens is 350 g/mol. The first-order chi connectivity index (χ1) is 13.4. The van der Waals surface area contributed by atoms with Crippen LogP contribution < -0.4 is 4.74 Å². The second kappa shape index (κ2) is 9.75. The molecule has 1 atom stereocenters. The molecule has 2 aliphatic rings. The predicted molar refractivity (Wildman–Crippen MR) is 114 cm³/mol. The molecule has 0 N–H and O–H groups in total. The largest absolute Gasteiger partial charge is 0.490 e. The van der Waals surface area contributed by atoms with Gasteiger partial charge < -0.3 is 19.4 Å². The summed E-state index contributed by atoms with van der Waals surface area (Å²) in [5, 5.41) is 0. The van der Waals surface area contributed by atoms with E-state index in [0.717, 1.165) is 44.1 Å². The monoisotopic (exact) mass is 387 g/mol. The second-order valence-electron chi connectivity index (χ2n) is 8.94. The third-order valence-corrected chi connectivity index (χ3v) is 6.08. The van der Waals surface area contributed by atoms with E-state index in [1.807, 2.05) is 45.4 Å². The third kappa shape index (κ3) is 6.21. The van der Waals surface area contributed by atoms with Crippen molar-refractivity contribution in [3.05, 3.63) is 29.8 Å². The van der Waals surface area contributed by atoms with E-state index >= 15 is 0 Å². The molecule has 1 aromatic carbocycles. The summed E-state index contributed by atoms with van der Waals surface area (Å²) in [6.07, 6.45) is 6.61. The molecule has 0 unspecified atom stereocenters. The number of carbonyl (C=O) groups excluding carboxylic acids is 1. The van der Waals surface area contributed by atoms with Gasteiger partial charge in [0.2, 0.25) is 0 Å². The number of hydrogen-bond acceptors (Lipinski definition) is 4. The summed E-state index contributed by atoms with van der Waals surface area (Å²) in [4.78, 5) is 19.1. The van der Waals surface area contributed by atoms with Gasteiger partial charge in [0.05, 0.1) is 0 Å². The molecule has 1 heterocycles. The molecule has 0 spiro atoms. The van der Waals surface area contributed by atoms with Gasteiger partial charge in [-0.1, -0.05) is 18.9 Å². The Morgan fingerprint density at radius 1 is 1.14 bits per heavy atom. The van der Waals surface area contributed by atoms with E-state index in [4.69, 9.17) is 4.74 Å². The van der Waals surface area contributed by atoms with Crippen molar-refractivity contribution < 1.29 is 9.53 Å². The van der Waals surface area contributed by atoms with Crippen molar-refractivity contribution in [2.75, 3.05) is 47.3 Å². The molecule has 1 saturated heterocycles. The molecule has 5 heteroatoms. The minimum atomic E-state index is 0.0519. The van der Waals surface area contributed by atoms with Crippen LogP contribution in [0.2, 0.25) is 0 Å². The summed E-state index contributed by atoms with van der Waals surface area (Å²) in [6.45, 7) is 6.18. The zero-order chi connectivity index (χ0) is 20.1. The Balaban J connectivity index is 1.48. The number of hydrogen-bond donors (Lipinski definition) is 0. The summed E-state index contributed by atoms with van der Waals surface area (Å²) in [5.41, 5.74) is 0.703. The van der Waals surface area contributed by atoms with Crippen LogP contribution in [0.15, 0.2) is 24.3 Å². The molecular formula is C23H37N3O2. The van der Waals surface area contributed by atoms with E-state index in [1.165, 1.54) is 19.3 Å². The van der Waals surface area contributed by atoms with Crippen molar-refractivity contribution in [1.82, 2.24) is 14.7 Å². The Bertz CT molecular complexity index is 636. The van der Waals surface area contributed by atoms with Crippen molar-refractivity contribution >= 4 is 5.91 Å². The Morgan fingerprint density at radius 3 is 2.50 bits per heavy atom. The van der Waals surface area contributed by atoms with Gasteiger partial charge in [-0.05, 0) is 64.4 Å². The van der Waals surface area contributed by atoms with Gasteiger partial charge in [-0.25, -0.2) is 0 Å². The van der Waals surface area contributed by atoms with Gasteiger partial charge in [-0.3, -0.25) is 4.79 Å². The highest BCUT2D eigenvalue weighted by molar-refractivity contribution is 5.94. The van der Waals surface area contributed by atoms with Crippen LogP contribution in [0.25, 0.3) is 0 Å². The molecule has 3 rings (SSSR count). The maximum atomic E-state index is 12.7. The number of piperidine rings is 1. The fourth-order valence-electron chi connectivity index (χ4n) is 3.99. The third-order valence-electron chi connectivity index (χ3n) is 6.08. The summed E-state index contributed by atoms with van der Waals surface area (Å²) >= 11 is 0. The maximum Gasteiger partial charge on any atom is 0.253 e. The molecule has 0 aromatic heterocycles. The molecule has 1 aromatic rings. The Hall–Kier alpha value is -1.59. The summed E-state index contributed by atoms with van der Waals surface area (Å²) < 4.78 is 6.24. The van der Waals surface area contributed by atoms with Gasteiger partial charge in [0.15, 0.2) is 0 Å². The SMILES string of the molecule is C[C@@H](CC1CC1)N1CCC(Oc2cccc(C(=O)N(C)CCN(C)C)c2)CC1. The Labute approximate surface area is 170 Å². The highest BCUT2D eigenvalue weighted by Crippen LogP contribution is 2.35. The van der Waals surface area contributed by atoms with Crippen LogP contribution in [-0.2, 0) is 0 Å². The summed E-state index contributed by atoms with van der Waals surface area (Å²) in [6, 6.07) is 8.38. The minimum absolute atomic E-state index is 0.0519. The molecule has 156 valence electrons.